The predicted molar refractivity (Wildman–Crippen MR) is 99.4 cm³/mol. The Morgan fingerprint density at radius 3 is 2.62 bits per heavy atom. The van der Waals surface area contributed by atoms with Crippen LogP contribution in [0.25, 0.3) is 21.8 Å². The van der Waals surface area contributed by atoms with Crippen LogP contribution in [-0.2, 0) is 6.54 Å². The quantitative estimate of drug-likeness (QED) is 0.568. The van der Waals surface area contributed by atoms with E-state index >= 15 is 0 Å². The molecule has 4 rings (SSSR count). The topological polar surface area (TPSA) is 53.1 Å². The molecule has 0 amide bonds. The summed E-state index contributed by atoms with van der Waals surface area (Å²) in [6.07, 6.45) is 3.75. The van der Waals surface area contributed by atoms with Crippen LogP contribution < -0.4 is 9.88 Å². The van der Waals surface area contributed by atoms with Crippen LogP contribution in [0.1, 0.15) is 5.56 Å². The van der Waals surface area contributed by atoms with Crippen LogP contribution in [-0.4, -0.2) is 16.7 Å². The maximum atomic E-state index is 5.60. The molecule has 0 saturated heterocycles. The van der Waals surface area contributed by atoms with Gasteiger partial charge in [0.15, 0.2) is 0 Å². The summed E-state index contributed by atoms with van der Waals surface area (Å²) < 4.78 is 7.68. The molecule has 2 aromatic heterocycles. The number of ether oxygens (including phenoxy) is 1. The summed E-state index contributed by atoms with van der Waals surface area (Å²) >= 11 is 1.26. The SMILES string of the molecule is COc1ccc2c(c1)c1ccncc1n2Cc1ccc(SN)cc1. The van der Waals surface area contributed by atoms with Gasteiger partial charge in [0.05, 0.1) is 18.8 Å². The van der Waals surface area contributed by atoms with E-state index in [1.807, 2.05) is 18.5 Å². The molecule has 0 unspecified atom stereocenters. The minimum Gasteiger partial charge on any atom is -0.497 e. The molecule has 0 saturated carbocycles. The maximum Gasteiger partial charge on any atom is 0.119 e. The lowest BCUT2D eigenvalue weighted by Crippen LogP contribution is -1.99. The number of methoxy groups -OCH3 is 1. The minimum atomic E-state index is 0.785. The number of hydrogen-bond donors (Lipinski definition) is 1. The molecule has 4 nitrogen and oxygen atoms in total. The van der Waals surface area contributed by atoms with Crippen molar-refractivity contribution in [1.82, 2.24) is 9.55 Å². The van der Waals surface area contributed by atoms with Gasteiger partial charge in [-0.1, -0.05) is 12.1 Å². The first-order chi connectivity index (χ1) is 11.8. The fraction of sp³-hybridized carbons (Fsp3) is 0.105. The number of aromatic nitrogens is 2. The van der Waals surface area contributed by atoms with Crippen molar-refractivity contribution in [3.05, 3.63) is 66.5 Å². The lowest BCUT2D eigenvalue weighted by atomic mass is 10.2. The Morgan fingerprint density at radius 1 is 1.04 bits per heavy atom. The Hall–Kier alpha value is -2.50. The number of hydrogen-bond acceptors (Lipinski definition) is 4. The summed E-state index contributed by atoms with van der Waals surface area (Å²) in [4.78, 5) is 5.37. The Kier molecular flexibility index (Phi) is 3.88. The third kappa shape index (κ3) is 2.52. The second-order valence-corrected chi connectivity index (χ2v) is 6.33. The lowest BCUT2D eigenvalue weighted by molar-refractivity contribution is 0.415. The van der Waals surface area contributed by atoms with Gasteiger partial charge in [-0.2, -0.15) is 0 Å². The van der Waals surface area contributed by atoms with Crippen molar-refractivity contribution in [1.29, 1.82) is 0 Å². The van der Waals surface area contributed by atoms with E-state index in [2.05, 4.69) is 52.0 Å². The van der Waals surface area contributed by atoms with Gasteiger partial charge >= 0.3 is 0 Å². The average molecular weight is 335 g/mol. The molecule has 0 atom stereocenters. The maximum absolute atomic E-state index is 5.60. The van der Waals surface area contributed by atoms with E-state index in [9.17, 15) is 0 Å². The van der Waals surface area contributed by atoms with Crippen LogP contribution in [0.5, 0.6) is 5.75 Å². The smallest absolute Gasteiger partial charge is 0.119 e. The monoisotopic (exact) mass is 335 g/mol. The van der Waals surface area contributed by atoms with Crippen LogP contribution in [0, 0.1) is 0 Å². The molecular formula is C19H17N3OS. The van der Waals surface area contributed by atoms with Crippen molar-refractivity contribution in [2.24, 2.45) is 5.14 Å². The van der Waals surface area contributed by atoms with Gasteiger partial charge < -0.3 is 9.30 Å². The largest absolute Gasteiger partial charge is 0.497 e. The highest BCUT2D eigenvalue weighted by atomic mass is 32.2. The summed E-state index contributed by atoms with van der Waals surface area (Å²) in [6, 6.07) is 16.6. The molecular weight excluding hydrogens is 318 g/mol. The summed E-state index contributed by atoms with van der Waals surface area (Å²) in [5, 5.41) is 7.97. The number of rotatable bonds is 4. The van der Waals surface area contributed by atoms with E-state index in [-0.39, 0.29) is 0 Å². The fourth-order valence-electron chi connectivity index (χ4n) is 3.08. The second-order valence-electron chi connectivity index (χ2n) is 5.62. The van der Waals surface area contributed by atoms with Crippen molar-refractivity contribution >= 4 is 33.8 Å². The third-order valence-electron chi connectivity index (χ3n) is 4.28. The molecule has 0 aliphatic heterocycles. The van der Waals surface area contributed by atoms with Crippen molar-refractivity contribution in [2.45, 2.75) is 11.4 Å². The first-order valence-electron chi connectivity index (χ1n) is 7.66. The average Bonchev–Trinajstić information content (AvgIpc) is 2.96. The summed E-state index contributed by atoms with van der Waals surface area (Å²) in [5.74, 6) is 0.864. The van der Waals surface area contributed by atoms with Gasteiger partial charge in [0, 0.05) is 33.9 Å². The van der Waals surface area contributed by atoms with Gasteiger partial charge in [-0.3, -0.25) is 10.1 Å². The fourth-order valence-corrected chi connectivity index (χ4v) is 3.37. The normalized spacial score (nSPS) is 11.2. The van der Waals surface area contributed by atoms with Gasteiger partial charge in [-0.25, -0.2) is 0 Å². The Balaban J connectivity index is 1.88. The van der Waals surface area contributed by atoms with Crippen LogP contribution >= 0.6 is 11.9 Å². The van der Waals surface area contributed by atoms with Gasteiger partial charge in [0.25, 0.3) is 0 Å². The summed E-state index contributed by atoms with van der Waals surface area (Å²) in [6.45, 7) is 0.785. The molecule has 24 heavy (non-hydrogen) atoms. The number of nitrogens with zero attached hydrogens (tertiary/aromatic N) is 2. The Bertz CT molecular complexity index is 1010. The molecule has 2 heterocycles. The van der Waals surface area contributed by atoms with E-state index in [0.717, 1.165) is 22.7 Å². The highest BCUT2D eigenvalue weighted by Gasteiger charge is 2.12. The highest BCUT2D eigenvalue weighted by Crippen LogP contribution is 2.31. The molecule has 0 fully saturated rings. The molecule has 120 valence electrons. The van der Waals surface area contributed by atoms with Gasteiger partial charge in [-0.05, 0) is 53.9 Å². The molecule has 0 aliphatic rings. The molecule has 0 radical (unpaired) electrons. The molecule has 0 spiro atoms. The zero-order valence-electron chi connectivity index (χ0n) is 13.3. The van der Waals surface area contributed by atoms with Crippen molar-refractivity contribution in [2.75, 3.05) is 7.11 Å². The van der Waals surface area contributed by atoms with E-state index < -0.39 is 0 Å². The van der Waals surface area contributed by atoms with E-state index in [1.165, 1.54) is 33.8 Å². The van der Waals surface area contributed by atoms with Crippen molar-refractivity contribution in [3.8, 4) is 5.75 Å². The number of pyridine rings is 1. The van der Waals surface area contributed by atoms with Gasteiger partial charge in [0.2, 0.25) is 0 Å². The minimum absolute atomic E-state index is 0.785. The van der Waals surface area contributed by atoms with Crippen molar-refractivity contribution in [3.63, 3.8) is 0 Å². The number of fused-ring (bicyclic) bond motifs is 3. The Labute approximate surface area is 144 Å². The summed E-state index contributed by atoms with van der Waals surface area (Å²) in [7, 11) is 1.69. The van der Waals surface area contributed by atoms with Gasteiger partial charge in [0.1, 0.15) is 5.75 Å². The predicted octanol–water partition coefficient (Wildman–Crippen LogP) is 4.21. The second kappa shape index (κ2) is 6.19. The number of benzene rings is 2. The zero-order chi connectivity index (χ0) is 16.5. The molecule has 5 heteroatoms. The van der Waals surface area contributed by atoms with Crippen molar-refractivity contribution < 1.29 is 4.74 Å². The van der Waals surface area contributed by atoms with Crippen LogP contribution in [0.3, 0.4) is 0 Å². The Morgan fingerprint density at radius 2 is 1.88 bits per heavy atom. The summed E-state index contributed by atoms with van der Waals surface area (Å²) in [5.41, 5.74) is 3.53. The molecule has 4 aromatic rings. The standard InChI is InChI=1S/C19H17N3OS/c1-23-14-4-7-18-17(10-14)16-8-9-21-11-19(16)22(18)12-13-2-5-15(24-20)6-3-13/h2-11H,12,20H2,1H3. The third-order valence-corrected chi connectivity index (χ3v) is 4.82. The van der Waals surface area contributed by atoms with Crippen LogP contribution in [0.2, 0.25) is 0 Å². The number of nitrogens with two attached hydrogens (primary N) is 1. The molecule has 2 aromatic carbocycles. The molecule has 2 N–H and O–H groups in total. The van der Waals surface area contributed by atoms with Gasteiger partial charge in [-0.15, -0.1) is 0 Å². The zero-order valence-corrected chi connectivity index (χ0v) is 14.1. The first kappa shape index (κ1) is 15.1. The molecule has 0 aliphatic carbocycles. The molecule has 0 bridgehead atoms. The lowest BCUT2D eigenvalue weighted by Gasteiger charge is -2.08. The van der Waals surface area contributed by atoms with E-state index in [1.54, 1.807) is 7.11 Å². The highest BCUT2D eigenvalue weighted by molar-refractivity contribution is 7.97. The van der Waals surface area contributed by atoms with E-state index in [0.29, 0.717) is 0 Å². The first-order valence-corrected chi connectivity index (χ1v) is 8.54. The van der Waals surface area contributed by atoms with Crippen LogP contribution in [0.15, 0.2) is 65.8 Å². The van der Waals surface area contributed by atoms with E-state index in [4.69, 9.17) is 9.88 Å². The van der Waals surface area contributed by atoms with Crippen LogP contribution in [0.4, 0.5) is 0 Å².